The van der Waals surface area contributed by atoms with Gasteiger partial charge in [-0.3, -0.25) is 14.7 Å². The predicted octanol–water partition coefficient (Wildman–Crippen LogP) is -0.320. The van der Waals surface area contributed by atoms with Crippen LogP contribution in [0.3, 0.4) is 0 Å². The van der Waals surface area contributed by atoms with Gasteiger partial charge in [0.25, 0.3) is 5.91 Å². The number of nitrogens with one attached hydrogen (secondary N) is 2. The minimum absolute atomic E-state index is 0.105. The number of aromatic nitrogens is 2. The van der Waals surface area contributed by atoms with Gasteiger partial charge in [-0.15, -0.1) is 0 Å². The normalized spacial score (nSPS) is 16.8. The van der Waals surface area contributed by atoms with Crippen molar-refractivity contribution < 1.29 is 9.59 Å². The Kier molecular flexibility index (Phi) is 2.89. The second-order valence-electron chi connectivity index (χ2n) is 3.84. The molecule has 0 radical (unpaired) electrons. The van der Waals surface area contributed by atoms with E-state index >= 15 is 0 Å². The van der Waals surface area contributed by atoms with Crippen LogP contribution < -0.4 is 5.32 Å². The minimum Gasteiger partial charge on any atom is -0.354 e. The fourth-order valence-corrected chi connectivity index (χ4v) is 1.72. The first-order chi connectivity index (χ1) is 7.68. The van der Waals surface area contributed by atoms with Crippen LogP contribution in [-0.4, -0.2) is 46.5 Å². The summed E-state index contributed by atoms with van der Waals surface area (Å²) in [7, 11) is 0. The number of carbonyl (C=O) groups excluding carboxylic acids is 2. The molecule has 1 fully saturated rings. The van der Waals surface area contributed by atoms with Gasteiger partial charge in [0, 0.05) is 18.8 Å². The minimum atomic E-state index is -0.136. The molecule has 0 saturated carbocycles. The largest absolute Gasteiger partial charge is 0.354 e. The molecule has 1 aromatic rings. The third-order valence-corrected chi connectivity index (χ3v) is 2.61. The van der Waals surface area contributed by atoms with Gasteiger partial charge >= 0.3 is 0 Å². The number of hydrogen-bond acceptors (Lipinski definition) is 3. The zero-order valence-corrected chi connectivity index (χ0v) is 9.12. The van der Waals surface area contributed by atoms with Crippen molar-refractivity contribution in [1.82, 2.24) is 20.4 Å². The lowest BCUT2D eigenvalue weighted by Gasteiger charge is -2.18. The second-order valence-corrected chi connectivity index (χ2v) is 3.84. The van der Waals surface area contributed by atoms with E-state index in [0.29, 0.717) is 18.7 Å². The topological polar surface area (TPSA) is 78.1 Å². The lowest BCUT2D eigenvalue weighted by atomic mass is 10.2. The van der Waals surface area contributed by atoms with E-state index in [-0.39, 0.29) is 18.4 Å². The highest BCUT2D eigenvalue weighted by atomic mass is 16.2. The molecule has 1 aromatic heterocycles. The van der Waals surface area contributed by atoms with Gasteiger partial charge in [0.1, 0.15) is 0 Å². The molecule has 0 atom stereocenters. The van der Waals surface area contributed by atoms with Crippen LogP contribution in [-0.2, 0) is 4.79 Å². The zero-order chi connectivity index (χ0) is 11.5. The highest BCUT2D eigenvalue weighted by molar-refractivity contribution is 5.97. The van der Waals surface area contributed by atoms with E-state index in [1.807, 2.05) is 0 Å². The Morgan fingerprint density at radius 1 is 1.56 bits per heavy atom. The first-order valence-corrected chi connectivity index (χ1v) is 5.24. The average Bonchev–Trinajstić information content (AvgIpc) is 2.55. The molecule has 16 heavy (non-hydrogen) atoms. The maximum Gasteiger partial charge on any atom is 0.257 e. The van der Waals surface area contributed by atoms with Gasteiger partial charge in [0.05, 0.1) is 18.3 Å². The number of rotatable bonds is 1. The van der Waals surface area contributed by atoms with Crippen LogP contribution in [0.4, 0.5) is 0 Å². The summed E-state index contributed by atoms with van der Waals surface area (Å²) >= 11 is 0. The van der Waals surface area contributed by atoms with E-state index in [1.54, 1.807) is 11.8 Å². The van der Waals surface area contributed by atoms with Crippen molar-refractivity contribution in [2.24, 2.45) is 0 Å². The van der Waals surface area contributed by atoms with E-state index in [0.717, 1.165) is 12.1 Å². The number of H-pyrrole nitrogens is 1. The first kappa shape index (κ1) is 10.7. The lowest BCUT2D eigenvalue weighted by molar-refractivity contribution is -0.121. The third-order valence-electron chi connectivity index (χ3n) is 2.61. The van der Waals surface area contributed by atoms with Crippen molar-refractivity contribution in [3.63, 3.8) is 0 Å². The third kappa shape index (κ3) is 2.05. The molecule has 1 aliphatic rings. The summed E-state index contributed by atoms with van der Waals surface area (Å²) in [5, 5.41) is 9.26. The van der Waals surface area contributed by atoms with Gasteiger partial charge in [0.15, 0.2) is 0 Å². The Labute approximate surface area is 93.0 Å². The number of carbonyl (C=O) groups is 2. The van der Waals surface area contributed by atoms with Gasteiger partial charge in [-0.25, -0.2) is 0 Å². The van der Waals surface area contributed by atoms with E-state index in [2.05, 4.69) is 15.5 Å². The van der Waals surface area contributed by atoms with Crippen LogP contribution in [0.5, 0.6) is 0 Å². The van der Waals surface area contributed by atoms with Crippen molar-refractivity contribution in [3.8, 4) is 0 Å². The quantitative estimate of drug-likeness (QED) is 0.683. The van der Waals surface area contributed by atoms with Crippen LogP contribution in [0.1, 0.15) is 22.5 Å². The maximum absolute atomic E-state index is 12.1. The van der Waals surface area contributed by atoms with Gasteiger partial charge in [-0.1, -0.05) is 0 Å². The molecule has 2 N–H and O–H groups in total. The van der Waals surface area contributed by atoms with Crippen LogP contribution in [0, 0.1) is 6.92 Å². The number of amides is 2. The molecule has 0 spiro atoms. The van der Waals surface area contributed by atoms with Gasteiger partial charge < -0.3 is 10.2 Å². The Bertz CT molecular complexity index is 413. The molecule has 0 aromatic carbocycles. The van der Waals surface area contributed by atoms with E-state index in [4.69, 9.17) is 0 Å². The molecule has 0 bridgehead atoms. The van der Waals surface area contributed by atoms with E-state index < -0.39 is 0 Å². The van der Waals surface area contributed by atoms with E-state index in [1.165, 1.54) is 6.20 Å². The Balaban J connectivity index is 2.15. The van der Waals surface area contributed by atoms with E-state index in [9.17, 15) is 9.59 Å². The molecule has 6 heteroatoms. The summed E-state index contributed by atoms with van der Waals surface area (Å²) in [4.78, 5) is 24.9. The van der Waals surface area contributed by atoms with Crippen LogP contribution >= 0.6 is 0 Å². The van der Waals surface area contributed by atoms with Gasteiger partial charge in [-0.05, 0) is 13.3 Å². The number of aromatic amines is 1. The van der Waals surface area contributed by atoms with Crippen molar-refractivity contribution in [2.75, 3.05) is 19.6 Å². The Morgan fingerprint density at radius 3 is 3.06 bits per heavy atom. The lowest BCUT2D eigenvalue weighted by Crippen LogP contribution is -2.37. The summed E-state index contributed by atoms with van der Waals surface area (Å²) in [5.41, 5.74) is 1.27. The second kappa shape index (κ2) is 4.34. The van der Waals surface area contributed by atoms with Crippen molar-refractivity contribution in [1.29, 1.82) is 0 Å². The molecular weight excluding hydrogens is 208 g/mol. The molecule has 2 rings (SSSR count). The number of nitrogens with zero attached hydrogens (tertiary/aromatic N) is 2. The van der Waals surface area contributed by atoms with Gasteiger partial charge in [0.2, 0.25) is 5.91 Å². The zero-order valence-electron chi connectivity index (χ0n) is 9.12. The maximum atomic E-state index is 12.1. The average molecular weight is 222 g/mol. The van der Waals surface area contributed by atoms with Crippen molar-refractivity contribution in [2.45, 2.75) is 13.3 Å². The number of aryl methyl sites for hydroxylation is 1. The SMILES string of the molecule is Cc1[nH]ncc1C(=O)N1CCCNC(=O)C1. The fourth-order valence-electron chi connectivity index (χ4n) is 1.72. The monoisotopic (exact) mass is 222 g/mol. The molecule has 2 amide bonds. The van der Waals surface area contributed by atoms with Crippen LogP contribution in [0.15, 0.2) is 6.20 Å². The predicted molar refractivity (Wildman–Crippen MR) is 56.9 cm³/mol. The number of hydrogen-bond donors (Lipinski definition) is 2. The summed E-state index contributed by atoms with van der Waals surface area (Å²) in [6.45, 7) is 3.15. The summed E-state index contributed by atoms with van der Waals surface area (Å²) in [5.74, 6) is -0.240. The molecule has 86 valence electrons. The highest BCUT2D eigenvalue weighted by Gasteiger charge is 2.22. The molecule has 1 saturated heterocycles. The fraction of sp³-hybridized carbons (Fsp3) is 0.500. The molecular formula is C10H14N4O2. The van der Waals surface area contributed by atoms with Crippen LogP contribution in [0.25, 0.3) is 0 Å². The molecule has 0 unspecified atom stereocenters. The molecule has 2 heterocycles. The standard InChI is InChI=1S/C10H14N4O2/c1-7-8(5-12-13-7)10(16)14-4-2-3-11-9(15)6-14/h5H,2-4,6H2,1H3,(H,11,15)(H,12,13). The Morgan fingerprint density at radius 2 is 2.38 bits per heavy atom. The highest BCUT2D eigenvalue weighted by Crippen LogP contribution is 2.08. The summed E-state index contributed by atoms with van der Waals surface area (Å²) in [6, 6.07) is 0. The summed E-state index contributed by atoms with van der Waals surface area (Å²) < 4.78 is 0. The van der Waals surface area contributed by atoms with Crippen molar-refractivity contribution >= 4 is 11.8 Å². The molecule has 0 aliphatic carbocycles. The smallest absolute Gasteiger partial charge is 0.257 e. The van der Waals surface area contributed by atoms with Crippen LogP contribution in [0.2, 0.25) is 0 Å². The molecule has 6 nitrogen and oxygen atoms in total. The summed E-state index contributed by atoms with van der Waals surface area (Å²) in [6.07, 6.45) is 2.29. The van der Waals surface area contributed by atoms with Gasteiger partial charge in [-0.2, -0.15) is 5.10 Å². The molecule has 1 aliphatic heterocycles. The van der Waals surface area contributed by atoms with Crippen molar-refractivity contribution in [3.05, 3.63) is 17.5 Å². The Hall–Kier alpha value is -1.85. The first-order valence-electron chi connectivity index (χ1n) is 5.24.